The van der Waals surface area contributed by atoms with E-state index in [0.29, 0.717) is 25.2 Å². The first-order valence-corrected chi connectivity index (χ1v) is 7.71. The minimum absolute atomic E-state index is 0.0315. The van der Waals surface area contributed by atoms with Crippen LogP contribution in [0.4, 0.5) is 5.69 Å². The number of anilines is 1. The molecule has 0 atom stereocenters. The van der Waals surface area contributed by atoms with Gasteiger partial charge < -0.3 is 25.4 Å². The maximum Gasteiger partial charge on any atom is 0.222 e. The SMILES string of the molecule is CCOc1cc(CCC(=O)N2CCN(C)CC2)cc(N)c1O. The lowest BCUT2D eigenvalue weighted by Gasteiger charge is -2.32. The molecule has 1 aromatic rings. The quantitative estimate of drug-likeness (QED) is 0.628. The highest BCUT2D eigenvalue weighted by Gasteiger charge is 2.19. The number of nitrogen functional groups attached to an aromatic ring is 1. The summed E-state index contributed by atoms with van der Waals surface area (Å²) in [7, 11) is 2.07. The van der Waals surface area contributed by atoms with Crippen LogP contribution in [0.5, 0.6) is 11.5 Å². The fourth-order valence-corrected chi connectivity index (χ4v) is 2.56. The molecule has 0 bridgehead atoms. The highest BCUT2D eigenvalue weighted by molar-refractivity contribution is 5.76. The van der Waals surface area contributed by atoms with Gasteiger partial charge in [0.25, 0.3) is 0 Å². The van der Waals surface area contributed by atoms with Crippen LogP contribution in [0.25, 0.3) is 0 Å². The molecule has 1 saturated heterocycles. The lowest BCUT2D eigenvalue weighted by Crippen LogP contribution is -2.47. The Labute approximate surface area is 131 Å². The molecule has 0 spiro atoms. The minimum Gasteiger partial charge on any atom is -0.503 e. The summed E-state index contributed by atoms with van der Waals surface area (Å²) in [5, 5.41) is 9.83. The van der Waals surface area contributed by atoms with E-state index in [9.17, 15) is 9.90 Å². The van der Waals surface area contributed by atoms with Gasteiger partial charge in [0.2, 0.25) is 5.91 Å². The summed E-state index contributed by atoms with van der Waals surface area (Å²) in [6.45, 7) is 5.73. The monoisotopic (exact) mass is 307 g/mol. The van der Waals surface area contributed by atoms with Crippen molar-refractivity contribution in [3.8, 4) is 11.5 Å². The number of rotatable bonds is 5. The first-order chi connectivity index (χ1) is 10.5. The molecule has 6 nitrogen and oxygen atoms in total. The minimum atomic E-state index is -0.0315. The Kier molecular flexibility index (Phi) is 5.49. The zero-order chi connectivity index (χ0) is 16.1. The van der Waals surface area contributed by atoms with E-state index in [2.05, 4.69) is 11.9 Å². The molecule has 6 heteroatoms. The maximum atomic E-state index is 12.2. The van der Waals surface area contributed by atoms with E-state index in [1.807, 2.05) is 11.8 Å². The normalized spacial score (nSPS) is 15.8. The Bertz CT molecular complexity index is 526. The van der Waals surface area contributed by atoms with Gasteiger partial charge in [0.1, 0.15) is 0 Å². The molecule has 1 fully saturated rings. The van der Waals surface area contributed by atoms with Gasteiger partial charge in [-0.25, -0.2) is 0 Å². The van der Waals surface area contributed by atoms with E-state index in [0.717, 1.165) is 31.7 Å². The van der Waals surface area contributed by atoms with Crippen LogP contribution in [0.3, 0.4) is 0 Å². The summed E-state index contributed by atoms with van der Waals surface area (Å²) in [5.74, 6) is 0.512. The summed E-state index contributed by atoms with van der Waals surface area (Å²) < 4.78 is 5.36. The second-order valence-corrected chi connectivity index (χ2v) is 5.65. The first-order valence-electron chi connectivity index (χ1n) is 7.71. The lowest BCUT2D eigenvalue weighted by molar-refractivity contribution is -0.132. The number of aromatic hydroxyl groups is 1. The summed E-state index contributed by atoms with van der Waals surface area (Å²) in [5.41, 5.74) is 6.97. The molecule has 0 aromatic heterocycles. The number of piperazine rings is 1. The molecular weight excluding hydrogens is 282 g/mol. The van der Waals surface area contributed by atoms with E-state index >= 15 is 0 Å². The standard InChI is InChI=1S/C16H25N3O3/c1-3-22-14-11-12(10-13(17)16(14)21)4-5-15(20)19-8-6-18(2)7-9-19/h10-11,21H,3-9,17H2,1-2H3. The zero-order valence-corrected chi connectivity index (χ0v) is 13.3. The number of benzene rings is 1. The zero-order valence-electron chi connectivity index (χ0n) is 13.3. The average Bonchev–Trinajstić information content (AvgIpc) is 2.50. The van der Waals surface area contributed by atoms with E-state index < -0.39 is 0 Å². The molecule has 0 saturated carbocycles. The van der Waals surface area contributed by atoms with Gasteiger partial charge in [-0.15, -0.1) is 0 Å². The van der Waals surface area contributed by atoms with Crippen molar-refractivity contribution in [2.45, 2.75) is 19.8 Å². The van der Waals surface area contributed by atoms with Gasteiger partial charge in [-0.05, 0) is 38.1 Å². The Morgan fingerprint density at radius 3 is 2.64 bits per heavy atom. The Morgan fingerprint density at radius 1 is 1.32 bits per heavy atom. The van der Waals surface area contributed by atoms with Crippen LogP contribution >= 0.6 is 0 Å². The number of carbonyl (C=O) groups excluding carboxylic acids is 1. The number of nitrogens with two attached hydrogens (primary N) is 1. The topological polar surface area (TPSA) is 79.0 Å². The van der Waals surface area contributed by atoms with Crippen LogP contribution in [0, 0.1) is 0 Å². The predicted molar refractivity (Wildman–Crippen MR) is 86.1 cm³/mol. The van der Waals surface area contributed by atoms with Gasteiger partial charge in [0.05, 0.1) is 12.3 Å². The number of phenols is 1. The second-order valence-electron chi connectivity index (χ2n) is 5.65. The molecule has 2 rings (SSSR count). The smallest absolute Gasteiger partial charge is 0.222 e. The van der Waals surface area contributed by atoms with Crippen LogP contribution in [0.2, 0.25) is 0 Å². The number of nitrogens with zero attached hydrogens (tertiary/aromatic N) is 2. The molecule has 1 amide bonds. The van der Waals surface area contributed by atoms with E-state index in [1.54, 1.807) is 12.1 Å². The van der Waals surface area contributed by atoms with Crippen molar-refractivity contribution in [2.24, 2.45) is 0 Å². The van der Waals surface area contributed by atoms with Crippen molar-refractivity contribution in [3.05, 3.63) is 17.7 Å². The van der Waals surface area contributed by atoms with E-state index in [-0.39, 0.29) is 17.3 Å². The molecule has 3 N–H and O–H groups in total. The Balaban J connectivity index is 1.95. The Hall–Kier alpha value is -1.95. The van der Waals surface area contributed by atoms with Crippen LogP contribution in [0.1, 0.15) is 18.9 Å². The van der Waals surface area contributed by atoms with Gasteiger partial charge >= 0.3 is 0 Å². The molecular formula is C16H25N3O3. The van der Waals surface area contributed by atoms with Gasteiger partial charge in [-0.2, -0.15) is 0 Å². The number of amides is 1. The summed E-state index contributed by atoms with van der Waals surface area (Å²) in [6, 6.07) is 3.46. The molecule has 1 aromatic carbocycles. The number of hydrogen-bond acceptors (Lipinski definition) is 5. The first kappa shape index (κ1) is 16.4. The molecule has 1 aliphatic rings. The third-order valence-corrected chi connectivity index (χ3v) is 3.95. The van der Waals surface area contributed by atoms with Gasteiger partial charge in [0.15, 0.2) is 11.5 Å². The van der Waals surface area contributed by atoms with Gasteiger partial charge in [-0.3, -0.25) is 4.79 Å². The summed E-state index contributed by atoms with van der Waals surface area (Å²) in [4.78, 5) is 16.4. The number of ether oxygens (including phenoxy) is 1. The van der Waals surface area contributed by atoms with Gasteiger partial charge in [-0.1, -0.05) is 0 Å². The molecule has 122 valence electrons. The maximum absolute atomic E-state index is 12.2. The lowest BCUT2D eigenvalue weighted by atomic mass is 10.1. The predicted octanol–water partition coefficient (Wildman–Crippen LogP) is 1.08. The van der Waals surface area contributed by atoms with E-state index in [1.165, 1.54) is 0 Å². The van der Waals surface area contributed by atoms with Crippen molar-refractivity contribution in [1.29, 1.82) is 0 Å². The highest BCUT2D eigenvalue weighted by atomic mass is 16.5. The molecule has 0 aliphatic carbocycles. The third kappa shape index (κ3) is 4.04. The molecule has 0 unspecified atom stereocenters. The van der Waals surface area contributed by atoms with Crippen molar-refractivity contribution in [2.75, 3.05) is 45.6 Å². The fraction of sp³-hybridized carbons (Fsp3) is 0.562. The van der Waals surface area contributed by atoms with E-state index in [4.69, 9.17) is 10.5 Å². The molecule has 1 heterocycles. The van der Waals surface area contributed by atoms with Crippen molar-refractivity contribution in [3.63, 3.8) is 0 Å². The molecule has 1 aliphatic heterocycles. The number of aryl methyl sites for hydroxylation is 1. The molecule has 0 radical (unpaired) electrons. The van der Waals surface area contributed by atoms with Crippen LogP contribution in [0.15, 0.2) is 12.1 Å². The fourth-order valence-electron chi connectivity index (χ4n) is 2.56. The summed E-state index contributed by atoms with van der Waals surface area (Å²) >= 11 is 0. The van der Waals surface area contributed by atoms with Crippen LogP contribution < -0.4 is 10.5 Å². The largest absolute Gasteiger partial charge is 0.503 e. The Morgan fingerprint density at radius 2 is 2.00 bits per heavy atom. The highest BCUT2D eigenvalue weighted by Crippen LogP contribution is 2.34. The van der Waals surface area contributed by atoms with Crippen molar-refractivity contribution >= 4 is 11.6 Å². The van der Waals surface area contributed by atoms with Crippen LogP contribution in [-0.2, 0) is 11.2 Å². The number of phenolic OH excluding ortho intramolecular Hbond substituents is 1. The van der Waals surface area contributed by atoms with Crippen LogP contribution in [-0.4, -0.2) is 60.6 Å². The molecule has 22 heavy (non-hydrogen) atoms. The van der Waals surface area contributed by atoms with Crippen molar-refractivity contribution < 1.29 is 14.6 Å². The summed E-state index contributed by atoms with van der Waals surface area (Å²) in [6.07, 6.45) is 1.04. The average molecular weight is 307 g/mol. The number of carbonyl (C=O) groups is 1. The number of hydrogen-bond donors (Lipinski definition) is 2. The number of likely N-dealkylation sites (N-methyl/N-ethyl adjacent to an activating group) is 1. The van der Waals surface area contributed by atoms with Gasteiger partial charge in [0, 0.05) is 32.6 Å². The van der Waals surface area contributed by atoms with Crippen molar-refractivity contribution in [1.82, 2.24) is 9.80 Å². The third-order valence-electron chi connectivity index (χ3n) is 3.95. The second kappa shape index (κ2) is 7.35.